The number of anilines is 2. The van der Waals surface area contributed by atoms with Crippen LogP contribution in [-0.2, 0) is 4.74 Å². The standard InChI is InChI=1S/C31H32N8O3/c1-31(2,3)42-30(40)38-17-15-37(16-18-38)25-14-11-22(19-33-25)39-29-26(28(32)34-20-35-29)27(36-39)21-9-12-24(13-10-21)41-23-7-5-4-6-8-23/h4-14,19-20H,15-18H2,1-3H3,(H2,32,34,35). The smallest absolute Gasteiger partial charge is 0.410 e. The van der Waals surface area contributed by atoms with E-state index in [1.54, 1.807) is 15.8 Å². The number of nitrogens with zero attached hydrogens (tertiary/aromatic N) is 7. The fourth-order valence-electron chi connectivity index (χ4n) is 4.80. The van der Waals surface area contributed by atoms with Crippen LogP contribution in [0.5, 0.6) is 11.5 Å². The summed E-state index contributed by atoms with van der Waals surface area (Å²) in [5.74, 6) is 2.64. The monoisotopic (exact) mass is 564 g/mol. The number of pyridine rings is 1. The lowest BCUT2D eigenvalue weighted by Gasteiger charge is -2.36. The zero-order chi connectivity index (χ0) is 29.3. The number of benzene rings is 2. The molecular weight excluding hydrogens is 532 g/mol. The number of hydrogen-bond acceptors (Lipinski definition) is 9. The second-order valence-corrected chi connectivity index (χ2v) is 11.0. The molecule has 1 aliphatic rings. The Balaban J connectivity index is 1.22. The molecule has 0 radical (unpaired) electrons. The van der Waals surface area contributed by atoms with Gasteiger partial charge in [-0.3, -0.25) is 0 Å². The topological polar surface area (TPSA) is 125 Å². The molecule has 6 rings (SSSR count). The van der Waals surface area contributed by atoms with Crippen LogP contribution in [-0.4, -0.2) is 67.5 Å². The van der Waals surface area contributed by atoms with Gasteiger partial charge in [-0.1, -0.05) is 18.2 Å². The highest BCUT2D eigenvalue weighted by Gasteiger charge is 2.26. The van der Waals surface area contributed by atoms with E-state index >= 15 is 0 Å². The quantitative estimate of drug-likeness (QED) is 0.302. The number of piperazine rings is 1. The molecule has 0 bridgehead atoms. The first-order valence-corrected chi connectivity index (χ1v) is 13.8. The molecule has 214 valence electrons. The number of hydrogen-bond donors (Lipinski definition) is 1. The highest BCUT2D eigenvalue weighted by Crippen LogP contribution is 2.33. The normalized spacial score (nSPS) is 13.8. The number of nitrogen functional groups attached to an aromatic ring is 1. The van der Waals surface area contributed by atoms with E-state index in [0.29, 0.717) is 54.5 Å². The molecule has 0 atom stereocenters. The van der Waals surface area contributed by atoms with Crippen molar-refractivity contribution in [2.45, 2.75) is 26.4 Å². The lowest BCUT2D eigenvalue weighted by molar-refractivity contribution is 0.0240. The van der Waals surface area contributed by atoms with Gasteiger partial charge in [-0.2, -0.15) is 5.10 Å². The van der Waals surface area contributed by atoms with E-state index in [-0.39, 0.29) is 6.09 Å². The molecule has 2 N–H and O–H groups in total. The zero-order valence-corrected chi connectivity index (χ0v) is 23.8. The first-order chi connectivity index (χ1) is 20.2. The van der Waals surface area contributed by atoms with Gasteiger partial charge in [0.15, 0.2) is 5.65 Å². The molecule has 0 aliphatic carbocycles. The molecule has 0 unspecified atom stereocenters. The van der Waals surface area contributed by atoms with Crippen LogP contribution in [0.15, 0.2) is 79.3 Å². The summed E-state index contributed by atoms with van der Waals surface area (Å²) in [6.07, 6.45) is 2.91. The lowest BCUT2D eigenvalue weighted by atomic mass is 10.1. The van der Waals surface area contributed by atoms with Crippen LogP contribution < -0.4 is 15.4 Å². The van der Waals surface area contributed by atoms with Gasteiger partial charge in [0.2, 0.25) is 0 Å². The van der Waals surface area contributed by atoms with E-state index in [1.165, 1.54) is 6.33 Å². The van der Waals surface area contributed by atoms with Gasteiger partial charge >= 0.3 is 6.09 Å². The van der Waals surface area contributed by atoms with Gasteiger partial charge in [0.1, 0.15) is 40.8 Å². The Bertz CT molecular complexity index is 1690. The van der Waals surface area contributed by atoms with Crippen LogP contribution in [0.1, 0.15) is 20.8 Å². The van der Waals surface area contributed by atoms with Crippen LogP contribution in [0.25, 0.3) is 28.0 Å². The van der Waals surface area contributed by atoms with E-state index in [2.05, 4.69) is 14.9 Å². The molecular formula is C31H32N8O3. The van der Waals surface area contributed by atoms with Crippen molar-refractivity contribution in [3.8, 4) is 28.4 Å². The Kier molecular flexibility index (Phi) is 7.07. The second kappa shape index (κ2) is 11.0. The van der Waals surface area contributed by atoms with Crippen LogP contribution in [0.2, 0.25) is 0 Å². The molecule has 11 heteroatoms. The molecule has 0 saturated carbocycles. The molecule has 42 heavy (non-hydrogen) atoms. The van der Waals surface area contributed by atoms with E-state index in [1.807, 2.05) is 87.5 Å². The highest BCUT2D eigenvalue weighted by atomic mass is 16.6. The lowest BCUT2D eigenvalue weighted by Crippen LogP contribution is -2.50. The number of para-hydroxylation sites is 1. The number of fused-ring (bicyclic) bond motifs is 1. The number of carbonyl (C=O) groups excluding carboxylic acids is 1. The maximum Gasteiger partial charge on any atom is 0.410 e. The zero-order valence-electron chi connectivity index (χ0n) is 23.8. The van der Waals surface area contributed by atoms with Crippen LogP contribution in [0.3, 0.4) is 0 Å². The Morgan fingerprint density at radius 3 is 2.24 bits per heavy atom. The largest absolute Gasteiger partial charge is 0.457 e. The SMILES string of the molecule is CC(C)(C)OC(=O)N1CCN(c2ccc(-n3nc(-c4ccc(Oc5ccccc5)cc4)c4c(N)ncnc43)cn2)CC1. The number of rotatable bonds is 5. The molecule has 1 fully saturated rings. The van der Waals surface area contributed by atoms with Crippen molar-refractivity contribution in [2.75, 3.05) is 36.8 Å². The van der Waals surface area contributed by atoms with Crippen molar-refractivity contribution in [2.24, 2.45) is 0 Å². The summed E-state index contributed by atoms with van der Waals surface area (Å²) in [6.45, 7) is 8.07. The van der Waals surface area contributed by atoms with E-state index in [0.717, 1.165) is 22.8 Å². The first kappa shape index (κ1) is 27.0. The summed E-state index contributed by atoms with van der Waals surface area (Å²) >= 11 is 0. The van der Waals surface area contributed by atoms with Gasteiger partial charge in [-0.25, -0.2) is 24.4 Å². The molecule has 5 aromatic rings. The van der Waals surface area contributed by atoms with E-state index in [4.69, 9.17) is 25.3 Å². The van der Waals surface area contributed by atoms with Gasteiger partial charge in [0.25, 0.3) is 0 Å². The van der Waals surface area contributed by atoms with Crippen LogP contribution in [0, 0.1) is 0 Å². The number of nitrogens with two attached hydrogens (primary N) is 1. The summed E-state index contributed by atoms with van der Waals surface area (Å²) in [7, 11) is 0. The minimum atomic E-state index is -0.516. The van der Waals surface area contributed by atoms with E-state index in [9.17, 15) is 4.79 Å². The molecule has 1 amide bonds. The Morgan fingerprint density at radius 1 is 0.857 bits per heavy atom. The fraction of sp³-hybridized carbons (Fsp3) is 0.258. The van der Waals surface area contributed by atoms with Gasteiger partial charge in [-0.05, 0) is 69.3 Å². The minimum Gasteiger partial charge on any atom is -0.457 e. The van der Waals surface area contributed by atoms with Crippen molar-refractivity contribution < 1.29 is 14.3 Å². The van der Waals surface area contributed by atoms with Crippen molar-refractivity contribution in [3.63, 3.8) is 0 Å². The van der Waals surface area contributed by atoms with Gasteiger partial charge in [0, 0.05) is 31.7 Å². The van der Waals surface area contributed by atoms with Crippen LogP contribution >= 0.6 is 0 Å². The Morgan fingerprint density at radius 2 is 1.57 bits per heavy atom. The summed E-state index contributed by atoms with van der Waals surface area (Å²) in [5, 5.41) is 5.55. The summed E-state index contributed by atoms with van der Waals surface area (Å²) < 4.78 is 13.2. The number of aromatic nitrogens is 5. The van der Waals surface area contributed by atoms with Crippen LogP contribution in [0.4, 0.5) is 16.4 Å². The number of amides is 1. The maximum atomic E-state index is 12.4. The molecule has 11 nitrogen and oxygen atoms in total. The number of carbonyl (C=O) groups is 1. The van der Waals surface area contributed by atoms with Gasteiger partial charge in [0.05, 0.1) is 17.3 Å². The van der Waals surface area contributed by atoms with Crippen molar-refractivity contribution in [1.82, 2.24) is 29.6 Å². The van der Waals surface area contributed by atoms with Gasteiger partial charge in [-0.15, -0.1) is 0 Å². The fourth-order valence-corrected chi connectivity index (χ4v) is 4.80. The predicted octanol–water partition coefficient (Wildman–Crippen LogP) is 5.31. The average Bonchev–Trinajstić information content (AvgIpc) is 3.38. The molecule has 1 aliphatic heterocycles. The third-order valence-corrected chi connectivity index (χ3v) is 6.83. The van der Waals surface area contributed by atoms with Crippen molar-refractivity contribution >= 4 is 28.8 Å². The second-order valence-electron chi connectivity index (χ2n) is 11.0. The minimum absolute atomic E-state index is 0.286. The maximum absolute atomic E-state index is 12.4. The average molecular weight is 565 g/mol. The molecule has 2 aromatic carbocycles. The van der Waals surface area contributed by atoms with E-state index < -0.39 is 5.60 Å². The van der Waals surface area contributed by atoms with Crippen molar-refractivity contribution in [3.05, 3.63) is 79.3 Å². The molecule has 3 aromatic heterocycles. The van der Waals surface area contributed by atoms with Crippen molar-refractivity contribution in [1.29, 1.82) is 0 Å². The third-order valence-electron chi connectivity index (χ3n) is 6.83. The Hall–Kier alpha value is -5.19. The molecule has 4 heterocycles. The first-order valence-electron chi connectivity index (χ1n) is 13.8. The Labute approximate surface area is 243 Å². The molecule has 1 saturated heterocycles. The highest BCUT2D eigenvalue weighted by molar-refractivity contribution is 5.98. The summed E-state index contributed by atoms with van der Waals surface area (Å²) in [6, 6.07) is 21.2. The summed E-state index contributed by atoms with van der Waals surface area (Å²) in [5.41, 5.74) is 8.65. The van der Waals surface area contributed by atoms with Gasteiger partial charge < -0.3 is 25.0 Å². The predicted molar refractivity (Wildman–Crippen MR) is 161 cm³/mol. The number of ether oxygens (including phenoxy) is 2. The molecule has 0 spiro atoms. The third kappa shape index (κ3) is 5.67. The summed E-state index contributed by atoms with van der Waals surface area (Å²) in [4.78, 5) is 29.7.